The summed E-state index contributed by atoms with van der Waals surface area (Å²) in [7, 11) is 0. The van der Waals surface area contributed by atoms with E-state index in [-0.39, 0.29) is 5.02 Å². The highest BCUT2D eigenvalue weighted by Gasteiger charge is 2.10. The standard InChI is InChI=1S/C16H16Cl2FNO/c1-2-8-20-10-12-13(17)4-3-5-16(12)21-11-6-7-15(19)14(18)9-11/h3-7,9,20H,2,8,10H2,1H3. The molecule has 0 atom stereocenters. The molecule has 0 heterocycles. The molecule has 2 aromatic rings. The molecule has 0 amide bonds. The lowest BCUT2D eigenvalue weighted by atomic mass is 10.2. The molecule has 0 bridgehead atoms. The van der Waals surface area contributed by atoms with Crippen molar-refractivity contribution in [3.8, 4) is 11.5 Å². The maximum Gasteiger partial charge on any atom is 0.142 e. The van der Waals surface area contributed by atoms with E-state index in [1.807, 2.05) is 18.2 Å². The lowest BCUT2D eigenvalue weighted by molar-refractivity contribution is 0.471. The molecule has 0 unspecified atom stereocenters. The third-order valence-corrected chi connectivity index (χ3v) is 3.57. The van der Waals surface area contributed by atoms with Crippen molar-refractivity contribution in [1.29, 1.82) is 0 Å². The summed E-state index contributed by atoms with van der Waals surface area (Å²) in [5.74, 6) is 0.633. The van der Waals surface area contributed by atoms with Gasteiger partial charge in [-0.05, 0) is 37.2 Å². The first-order chi connectivity index (χ1) is 10.1. The van der Waals surface area contributed by atoms with Gasteiger partial charge in [0.1, 0.15) is 17.3 Å². The first-order valence-corrected chi connectivity index (χ1v) is 7.48. The van der Waals surface area contributed by atoms with E-state index in [1.54, 1.807) is 0 Å². The van der Waals surface area contributed by atoms with Gasteiger partial charge < -0.3 is 10.1 Å². The average molecular weight is 328 g/mol. The molecule has 0 aromatic heterocycles. The molecule has 2 rings (SSSR count). The topological polar surface area (TPSA) is 21.3 Å². The Morgan fingerprint density at radius 2 is 1.95 bits per heavy atom. The van der Waals surface area contributed by atoms with Crippen molar-refractivity contribution in [1.82, 2.24) is 5.32 Å². The second kappa shape index (κ2) is 7.64. The summed E-state index contributed by atoms with van der Waals surface area (Å²) in [6, 6.07) is 9.71. The minimum absolute atomic E-state index is 0.0280. The van der Waals surface area contributed by atoms with Crippen molar-refractivity contribution in [2.75, 3.05) is 6.54 Å². The van der Waals surface area contributed by atoms with Crippen LogP contribution in [0.15, 0.2) is 36.4 Å². The zero-order valence-corrected chi connectivity index (χ0v) is 13.1. The summed E-state index contributed by atoms with van der Waals surface area (Å²) in [5, 5.41) is 3.95. The van der Waals surface area contributed by atoms with Gasteiger partial charge in [-0.25, -0.2) is 4.39 Å². The van der Waals surface area contributed by atoms with Gasteiger partial charge in [-0.15, -0.1) is 0 Å². The highest BCUT2D eigenvalue weighted by Crippen LogP contribution is 2.32. The molecule has 2 nitrogen and oxygen atoms in total. The van der Waals surface area contributed by atoms with Gasteiger partial charge in [-0.1, -0.05) is 36.2 Å². The molecule has 0 radical (unpaired) electrons. The van der Waals surface area contributed by atoms with Gasteiger partial charge in [-0.2, -0.15) is 0 Å². The van der Waals surface area contributed by atoms with Crippen LogP contribution in [0.2, 0.25) is 10.0 Å². The van der Waals surface area contributed by atoms with E-state index < -0.39 is 5.82 Å². The minimum Gasteiger partial charge on any atom is -0.457 e. The Morgan fingerprint density at radius 3 is 2.67 bits per heavy atom. The van der Waals surface area contributed by atoms with Gasteiger partial charge >= 0.3 is 0 Å². The number of halogens is 3. The molecule has 0 aliphatic heterocycles. The first kappa shape index (κ1) is 16.1. The SMILES string of the molecule is CCCNCc1c(Cl)cccc1Oc1ccc(F)c(Cl)c1. The Balaban J connectivity index is 2.22. The van der Waals surface area contributed by atoms with Crippen LogP contribution in [0.5, 0.6) is 11.5 Å². The fourth-order valence-corrected chi connectivity index (χ4v) is 2.27. The summed E-state index contributed by atoms with van der Waals surface area (Å²) >= 11 is 12.0. The Hall–Kier alpha value is -1.29. The summed E-state index contributed by atoms with van der Waals surface area (Å²) in [4.78, 5) is 0. The van der Waals surface area contributed by atoms with Crippen LogP contribution in [0.1, 0.15) is 18.9 Å². The maximum absolute atomic E-state index is 13.2. The smallest absolute Gasteiger partial charge is 0.142 e. The van der Waals surface area contributed by atoms with Crippen LogP contribution in [0, 0.1) is 5.82 Å². The molecule has 0 saturated carbocycles. The zero-order valence-electron chi connectivity index (χ0n) is 11.6. The molecule has 0 aliphatic rings. The number of rotatable bonds is 6. The van der Waals surface area contributed by atoms with E-state index in [2.05, 4.69) is 12.2 Å². The summed E-state index contributed by atoms with van der Waals surface area (Å²) < 4.78 is 18.9. The molecule has 2 aromatic carbocycles. The fourth-order valence-electron chi connectivity index (χ4n) is 1.86. The molecule has 21 heavy (non-hydrogen) atoms. The Bertz CT molecular complexity index is 619. The van der Waals surface area contributed by atoms with Gasteiger partial charge in [0.2, 0.25) is 0 Å². The predicted molar refractivity (Wildman–Crippen MR) is 84.9 cm³/mol. The van der Waals surface area contributed by atoms with Crippen molar-refractivity contribution in [3.05, 3.63) is 57.8 Å². The highest BCUT2D eigenvalue weighted by molar-refractivity contribution is 6.31. The molecule has 112 valence electrons. The Labute approximate surface area is 133 Å². The molecule has 0 saturated heterocycles. The van der Waals surface area contributed by atoms with Crippen LogP contribution in [0.25, 0.3) is 0 Å². The third kappa shape index (κ3) is 4.34. The van der Waals surface area contributed by atoms with Crippen molar-refractivity contribution in [2.24, 2.45) is 0 Å². The van der Waals surface area contributed by atoms with Gasteiger partial charge in [0.05, 0.1) is 5.02 Å². The summed E-state index contributed by atoms with van der Waals surface area (Å²) in [6.07, 6.45) is 1.04. The van der Waals surface area contributed by atoms with E-state index in [1.165, 1.54) is 18.2 Å². The second-order valence-electron chi connectivity index (χ2n) is 4.57. The number of benzene rings is 2. The van der Waals surface area contributed by atoms with Crippen LogP contribution in [0.4, 0.5) is 4.39 Å². The normalized spacial score (nSPS) is 10.7. The molecule has 1 N–H and O–H groups in total. The van der Waals surface area contributed by atoms with Crippen molar-refractivity contribution in [2.45, 2.75) is 19.9 Å². The second-order valence-corrected chi connectivity index (χ2v) is 5.39. The predicted octanol–water partition coefficient (Wildman–Crippen LogP) is 5.42. The summed E-state index contributed by atoms with van der Waals surface area (Å²) in [6.45, 7) is 3.60. The molecule has 5 heteroatoms. The van der Waals surface area contributed by atoms with E-state index in [4.69, 9.17) is 27.9 Å². The average Bonchev–Trinajstić information content (AvgIpc) is 2.46. The van der Waals surface area contributed by atoms with Crippen molar-refractivity contribution < 1.29 is 9.13 Å². The van der Waals surface area contributed by atoms with Crippen LogP contribution >= 0.6 is 23.2 Å². The van der Waals surface area contributed by atoms with E-state index in [0.29, 0.717) is 23.1 Å². The number of ether oxygens (including phenoxy) is 1. The van der Waals surface area contributed by atoms with Crippen molar-refractivity contribution >= 4 is 23.2 Å². The van der Waals surface area contributed by atoms with E-state index in [0.717, 1.165) is 18.5 Å². The molecule has 0 spiro atoms. The fraction of sp³-hybridized carbons (Fsp3) is 0.250. The third-order valence-electron chi connectivity index (χ3n) is 2.92. The van der Waals surface area contributed by atoms with Crippen LogP contribution < -0.4 is 10.1 Å². The van der Waals surface area contributed by atoms with Crippen LogP contribution in [-0.2, 0) is 6.54 Å². The lowest BCUT2D eigenvalue weighted by Gasteiger charge is -2.13. The Kier molecular flexibility index (Phi) is 5.85. The highest BCUT2D eigenvalue weighted by atomic mass is 35.5. The maximum atomic E-state index is 13.2. The van der Waals surface area contributed by atoms with E-state index in [9.17, 15) is 4.39 Å². The minimum atomic E-state index is -0.472. The first-order valence-electron chi connectivity index (χ1n) is 6.73. The van der Waals surface area contributed by atoms with Gasteiger partial charge in [0, 0.05) is 23.2 Å². The lowest BCUT2D eigenvalue weighted by Crippen LogP contribution is -2.14. The molecule has 0 fully saturated rings. The van der Waals surface area contributed by atoms with Crippen LogP contribution in [0.3, 0.4) is 0 Å². The zero-order chi connectivity index (χ0) is 15.2. The monoisotopic (exact) mass is 327 g/mol. The quantitative estimate of drug-likeness (QED) is 0.715. The summed E-state index contributed by atoms with van der Waals surface area (Å²) in [5.41, 5.74) is 0.869. The van der Waals surface area contributed by atoms with Gasteiger partial charge in [-0.3, -0.25) is 0 Å². The van der Waals surface area contributed by atoms with Gasteiger partial charge in [0.25, 0.3) is 0 Å². The van der Waals surface area contributed by atoms with Crippen molar-refractivity contribution in [3.63, 3.8) is 0 Å². The number of hydrogen-bond donors (Lipinski definition) is 1. The number of hydrogen-bond acceptors (Lipinski definition) is 2. The molecular weight excluding hydrogens is 312 g/mol. The Morgan fingerprint density at radius 1 is 1.14 bits per heavy atom. The van der Waals surface area contributed by atoms with Gasteiger partial charge in [0.15, 0.2) is 0 Å². The molecular formula is C16H16Cl2FNO. The van der Waals surface area contributed by atoms with E-state index >= 15 is 0 Å². The van der Waals surface area contributed by atoms with Crippen LogP contribution in [-0.4, -0.2) is 6.54 Å². The molecule has 0 aliphatic carbocycles. The number of nitrogens with one attached hydrogen (secondary N) is 1. The largest absolute Gasteiger partial charge is 0.457 e.